The second-order valence-corrected chi connectivity index (χ2v) is 6.57. The van der Waals surface area contributed by atoms with E-state index in [4.69, 9.17) is 11.6 Å². The minimum atomic E-state index is -0.478. The molecule has 0 radical (unpaired) electrons. The molecule has 106 valence electrons. The van der Waals surface area contributed by atoms with E-state index in [9.17, 15) is 5.11 Å². The molecule has 0 saturated heterocycles. The largest absolute Gasteiger partial charge is 0.386 e. The highest BCUT2D eigenvalue weighted by Crippen LogP contribution is 2.43. The third-order valence-electron chi connectivity index (χ3n) is 4.70. The number of hydrogen-bond donors (Lipinski definition) is 1. The lowest BCUT2D eigenvalue weighted by Crippen LogP contribution is -2.51. The minimum Gasteiger partial charge on any atom is -0.386 e. The summed E-state index contributed by atoms with van der Waals surface area (Å²) in [5.41, 5.74) is 0.771. The molecule has 1 aromatic carbocycles. The van der Waals surface area contributed by atoms with Crippen molar-refractivity contribution in [3.8, 4) is 0 Å². The van der Waals surface area contributed by atoms with Gasteiger partial charge in [-0.05, 0) is 63.4 Å². The van der Waals surface area contributed by atoms with Crippen molar-refractivity contribution in [2.45, 2.75) is 44.2 Å². The molecule has 1 N–H and O–H groups in total. The first kappa shape index (κ1) is 14.8. The van der Waals surface area contributed by atoms with Crippen LogP contribution < -0.4 is 0 Å². The Hall–Kier alpha value is -0.570. The molecule has 0 bridgehead atoms. The zero-order valence-electron chi connectivity index (χ0n) is 12.1. The number of likely N-dealkylation sites (N-methyl/N-ethyl adjacent to an activating group) is 1. The van der Waals surface area contributed by atoms with Gasteiger partial charge in [0, 0.05) is 5.02 Å². The van der Waals surface area contributed by atoms with E-state index in [0.29, 0.717) is 5.02 Å². The Morgan fingerprint density at radius 2 is 1.95 bits per heavy atom. The lowest BCUT2D eigenvalue weighted by molar-refractivity contribution is -0.0408. The van der Waals surface area contributed by atoms with Gasteiger partial charge in [0.25, 0.3) is 0 Å². The summed E-state index contributed by atoms with van der Waals surface area (Å²) in [6.07, 6.45) is 3.95. The summed E-state index contributed by atoms with van der Waals surface area (Å²) in [6.45, 7) is 2.30. The van der Waals surface area contributed by atoms with E-state index in [-0.39, 0.29) is 5.54 Å². The summed E-state index contributed by atoms with van der Waals surface area (Å²) in [5, 5.41) is 11.6. The number of nitrogens with zero attached hydrogens (tertiary/aromatic N) is 1. The Balaban J connectivity index is 2.29. The average molecular weight is 282 g/mol. The molecule has 0 aliphatic heterocycles. The van der Waals surface area contributed by atoms with Crippen LogP contribution in [-0.4, -0.2) is 29.6 Å². The fraction of sp³-hybridized carbons (Fsp3) is 0.625. The molecular formula is C16H24ClNO. The maximum atomic E-state index is 10.9. The van der Waals surface area contributed by atoms with E-state index >= 15 is 0 Å². The van der Waals surface area contributed by atoms with Gasteiger partial charge < -0.3 is 10.0 Å². The molecule has 1 aromatic rings. The first-order valence-electron chi connectivity index (χ1n) is 7.06. The third kappa shape index (κ3) is 2.96. The van der Waals surface area contributed by atoms with Crippen LogP contribution in [0.1, 0.15) is 44.3 Å². The Bertz CT molecular complexity index is 425. The van der Waals surface area contributed by atoms with E-state index in [0.717, 1.165) is 24.3 Å². The Morgan fingerprint density at radius 1 is 1.32 bits per heavy atom. The zero-order chi connectivity index (χ0) is 14.0. The third-order valence-corrected chi connectivity index (χ3v) is 4.94. The predicted octanol–water partition coefficient (Wildman–Crippen LogP) is 3.88. The van der Waals surface area contributed by atoms with Crippen molar-refractivity contribution >= 4 is 11.6 Å². The molecular weight excluding hydrogens is 258 g/mol. The number of rotatable bonds is 3. The van der Waals surface area contributed by atoms with Crippen LogP contribution >= 0.6 is 11.6 Å². The van der Waals surface area contributed by atoms with Crippen LogP contribution in [0, 0.1) is 5.92 Å². The average Bonchev–Trinajstić information content (AvgIpc) is 2.39. The topological polar surface area (TPSA) is 23.5 Å². The molecule has 1 aliphatic rings. The number of aliphatic hydroxyl groups excluding tert-OH is 1. The van der Waals surface area contributed by atoms with E-state index < -0.39 is 6.10 Å². The van der Waals surface area contributed by atoms with Crippen molar-refractivity contribution in [1.82, 2.24) is 4.90 Å². The van der Waals surface area contributed by atoms with Gasteiger partial charge in [-0.3, -0.25) is 0 Å². The quantitative estimate of drug-likeness (QED) is 0.909. The van der Waals surface area contributed by atoms with Crippen molar-refractivity contribution in [3.05, 3.63) is 34.9 Å². The van der Waals surface area contributed by atoms with Crippen LogP contribution in [0.4, 0.5) is 0 Å². The van der Waals surface area contributed by atoms with Gasteiger partial charge in [0.1, 0.15) is 0 Å². The van der Waals surface area contributed by atoms with Crippen LogP contribution in [0.15, 0.2) is 24.3 Å². The first-order valence-corrected chi connectivity index (χ1v) is 7.44. The van der Waals surface area contributed by atoms with Crippen molar-refractivity contribution in [2.24, 2.45) is 5.92 Å². The summed E-state index contributed by atoms with van der Waals surface area (Å²) in [4.78, 5) is 2.20. The number of benzene rings is 1. The van der Waals surface area contributed by atoms with Gasteiger partial charge in [-0.1, -0.05) is 30.7 Å². The molecule has 0 spiro atoms. The summed E-state index contributed by atoms with van der Waals surface area (Å²) < 4.78 is 0. The highest BCUT2D eigenvalue weighted by Gasteiger charge is 2.43. The van der Waals surface area contributed by atoms with Gasteiger partial charge in [-0.15, -0.1) is 0 Å². The summed E-state index contributed by atoms with van der Waals surface area (Å²) >= 11 is 6.05. The molecule has 1 atom stereocenters. The fourth-order valence-corrected chi connectivity index (χ4v) is 3.41. The molecule has 0 amide bonds. The first-order chi connectivity index (χ1) is 8.95. The summed E-state index contributed by atoms with van der Waals surface area (Å²) in [5.74, 6) is 0.764. The number of aliphatic hydroxyl groups is 1. The Kier molecular flexibility index (Phi) is 4.54. The van der Waals surface area contributed by atoms with Gasteiger partial charge in [0.05, 0.1) is 11.6 Å². The van der Waals surface area contributed by atoms with Gasteiger partial charge in [-0.2, -0.15) is 0 Å². The molecule has 0 aromatic heterocycles. The van der Waals surface area contributed by atoms with E-state index in [2.05, 4.69) is 25.9 Å². The van der Waals surface area contributed by atoms with E-state index in [1.165, 1.54) is 12.8 Å². The molecule has 3 heteroatoms. The van der Waals surface area contributed by atoms with Gasteiger partial charge in [-0.25, -0.2) is 0 Å². The molecule has 2 nitrogen and oxygen atoms in total. The van der Waals surface area contributed by atoms with Crippen LogP contribution in [0.2, 0.25) is 5.02 Å². The van der Waals surface area contributed by atoms with Gasteiger partial charge >= 0.3 is 0 Å². The van der Waals surface area contributed by atoms with Crippen LogP contribution in [-0.2, 0) is 0 Å². The van der Waals surface area contributed by atoms with Crippen molar-refractivity contribution in [3.63, 3.8) is 0 Å². The maximum absolute atomic E-state index is 10.9. The Labute approximate surface area is 121 Å². The molecule has 1 saturated carbocycles. The predicted molar refractivity (Wildman–Crippen MR) is 80.5 cm³/mol. The van der Waals surface area contributed by atoms with Crippen LogP contribution in [0.5, 0.6) is 0 Å². The fourth-order valence-electron chi connectivity index (χ4n) is 3.21. The standard InChI is InChI=1S/C16H24ClNO/c1-12-7-9-16(10-8-12,18(2)3)15(19)13-5-4-6-14(17)11-13/h4-6,11-12,15,19H,7-10H2,1-3H3. The van der Waals surface area contributed by atoms with Gasteiger partial charge in [0.15, 0.2) is 0 Å². The number of hydrogen-bond acceptors (Lipinski definition) is 2. The van der Waals surface area contributed by atoms with Crippen LogP contribution in [0.3, 0.4) is 0 Å². The monoisotopic (exact) mass is 281 g/mol. The maximum Gasteiger partial charge on any atom is 0.0973 e. The second kappa shape index (κ2) is 5.82. The summed E-state index contributed by atoms with van der Waals surface area (Å²) in [6, 6.07) is 7.62. The SMILES string of the molecule is CC1CCC(C(O)c2cccc(Cl)c2)(N(C)C)CC1. The molecule has 2 rings (SSSR count). The molecule has 1 aliphatic carbocycles. The van der Waals surface area contributed by atoms with Crippen LogP contribution in [0.25, 0.3) is 0 Å². The smallest absolute Gasteiger partial charge is 0.0973 e. The van der Waals surface area contributed by atoms with E-state index in [1.807, 2.05) is 24.3 Å². The highest BCUT2D eigenvalue weighted by atomic mass is 35.5. The van der Waals surface area contributed by atoms with E-state index in [1.54, 1.807) is 0 Å². The Morgan fingerprint density at radius 3 is 2.47 bits per heavy atom. The normalized spacial score (nSPS) is 29.5. The molecule has 1 fully saturated rings. The molecule has 19 heavy (non-hydrogen) atoms. The highest BCUT2D eigenvalue weighted by molar-refractivity contribution is 6.30. The lowest BCUT2D eigenvalue weighted by Gasteiger charge is -2.47. The van der Waals surface area contributed by atoms with Crippen molar-refractivity contribution in [1.29, 1.82) is 0 Å². The van der Waals surface area contributed by atoms with Crippen molar-refractivity contribution < 1.29 is 5.11 Å². The number of halogens is 1. The molecule has 1 unspecified atom stereocenters. The second-order valence-electron chi connectivity index (χ2n) is 6.14. The lowest BCUT2D eigenvalue weighted by atomic mass is 9.71. The van der Waals surface area contributed by atoms with Gasteiger partial charge in [0.2, 0.25) is 0 Å². The summed E-state index contributed by atoms with van der Waals surface area (Å²) in [7, 11) is 4.15. The van der Waals surface area contributed by atoms with Crippen molar-refractivity contribution in [2.75, 3.05) is 14.1 Å². The zero-order valence-corrected chi connectivity index (χ0v) is 12.8. The molecule has 0 heterocycles. The minimum absolute atomic E-state index is 0.156.